The quantitative estimate of drug-likeness (QED) is 0.827. The standard InChI is InChI=1S/C12H16ClNO4S2/c1-19(15,16)9-3-4-10(11(7-9)20(2,17)18)14-12(8-13)5-6-12/h3-4,7,14H,5-6,8H2,1-2H3. The number of hydrogen-bond donors (Lipinski definition) is 1. The number of benzene rings is 1. The third-order valence-corrected chi connectivity index (χ3v) is 6.05. The fourth-order valence-electron chi connectivity index (χ4n) is 1.87. The van der Waals surface area contributed by atoms with Crippen molar-refractivity contribution in [3.05, 3.63) is 18.2 Å². The molecule has 1 aliphatic carbocycles. The van der Waals surface area contributed by atoms with Crippen LogP contribution in [0.3, 0.4) is 0 Å². The van der Waals surface area contributed by atoms with Gasteiger partial charge in [0, 0.05) is 18.4 Å². The number of anilines is 1. The Hall–Kier alpha value is -0.790. The molecule has 0 spiro atoms. The molecule has 0 bridgehead atoms. The van der Waals surface area contributed by atoms with E-state index in [9.17, 15) is 16.8 Å². The van der Waals surface area contributed by atoms with E-state index >= 15 is 0 Å². The molecule has 8 heteroatoms. The Balaban J connectivity index is 2.53. The van der Waals surface area contributed by atoms with Crippen LogP contribution in [0.2, 0.25) is 0 Å². The van der Waals surface area contributed by atoms with Gasteiger partial charge < -0.3 is 5.32 Å². The normalized spacial score (nSPS) is 17.8. The summed E-state index contributed by atoms with van der Waals surface area (Å²) in [6.45, 7) is 0. The largest absolute Gasteiger partial charge is 0.377 e. The average Bonchev–Trinajstić information content (AvgIpc) is 3.07. The smallest absolute Gasteiger partial charge is 0.177 e. The van der Waals surface area contributed by atoms with Gasteiger partial charge in [-0.15, -0.1) is 11.6 Å². The summed E-state index contributed by atoms with van der Waals surface area (Å²) in [5.74, 6) is 0.379. The van der Waals surface area contributed by atoms with Crippen LogP contribution in [-0.2, 0) is 19.7 Å². The number of alkyl halides is 1. The number of nitrogens with one attached hydrogen (secondary N) is 1. The van der Waals surface area contributed by atoms with Crippen molar-refractivity contribution in [3.8, 4) is 0 Å². The van der Waals surface area contributed by atoms with E-state index < -0.39 is 19.7 Å². The molecule has 0 saturated heterocycles. The van der Waals surface area contributed by atoms with E-state index in [-0.39, 0.29) is 15.3 Å². The molecule has 5 nitrogen and oxygen atoms in total. The summed E-state index contributed by atoms with van der Waals surface area (Å²) < 4.78 is 46.8. The molecular weight excluding hydrogens is 322 g/mol. The van der Waals surface area contributed by atoms with Crippen LogP contribution in [0, 0.1) is 0 Å². The number of sulfone groups is 2. The number of rotatable bonds is 5. The van der Waals surface area contributed by atoms with Gasteiger partial charge in [0.25, 0.3) is 0 Å². The zero-order chi connectivity index (χ0) is 15.2. The minimum atomic E-state index is -3.54. The van der Waals surface area contributed by atoms with Gasteiger partial charge in [0.15, 0.2) is 19.7 Å². The fraction of sp³-hybridized carbons (Fsp3) is 0.500. The predicted octanol–water partition coefficient (Wildman–Crippen LogP) is 1.68. The first-order chi connectivity index (χ1) is 9.07. The van der Waals surface area contributed by atoms with Crippen molar-refractivity contribution < 1.29 is 16.8 Å². The molecule has 112 valence electrons. The molecule has 0 aliphatic heterocycles. The maximum atomic E-state index is 11.9. The van der Waals surface area contributed by atoms with Gasteiger partial charge in [-0.3, -0.25) is 0 Å². The van der Waals surface area contributed by atoms with E-state index in [1.54, 1.807) is 0 Å². The third kappa shape index (κ3) is 3.27. The third-order valence-electron chi connectivity index (χ3n) is 3.29. The lowest BCUT2D eigenvalue weighted by Gasteiger charge is -2.18. The highest BCUT2D eigenvalue weighted by atomic mass is 35.5. The van der Waals surface area contributed by atoms with E-state index in [4.69, 9.17) is 11.6 Å². The maximum Gasteiger partial charge on any atom is 0.177 e. The molecule has 2 rings (SSSR count). The molecule has 0 atom stereocenters. The second-order valence-corrected chi connectivity index (χ2v) is 9.51. The van der Waals surface area contributed by atoms with E-state index in [2.05, 4.69) is 5.32 Å². The summed E-state index contributed by atoms with van der Waals surface area (Å²) >= 11 is 5.87. The molecule has 1 saturated carbocycles. The predicted molar refractivity (Wildman–Crippen MR) is 79.0 cm³/mol. The summed E-state index contributed by atoms with van der Waals surface area (Å²) in [5.41, 5.74) is 0.131. The first kappa shape index (κ1) is 15.6. The highest BCUT2D eigenvalue weighted by molar-refractivity contribution is 7.91. The second kappa shape index (κ2) is 4.89. The topological polar surface area (TPSA) is 80.3 Å². The molecule has 1 fully saturated rings. The summed E-state index contributed by atoms with van der Waals surface area (Å²) in [6.07, 6.45) is 3.84. The van der Waals surface area contributed by atoms with E-state index in [0.717, 1.165) is 25.4 Å². The van der Waals surface area contributed by atoms with Crippen LogP contribution in [0.4, 0.5) is 5.69 Å². The molecule has 0 heterocycles. The van der Waals surface area contributed by atoms with Gasteiger partial charge >= 0.3 is 0 Å². The number of halogens is 1. The van der Waals surface area contributed by atoms with Crippen LogP contribution in [-0.4, -0.2) is 40.8 Å². The first-order valence-corrected chi connectivity index (χ1v) is 10.3. The Morgan fingerprint density at radius 1 is 1.15 bits per heavy atom. The molecule has 0 aromatic heterocycles. The van der Waals surface area contributed by atoms with Crippen molar-refractivity contribution in [2.75, 3.05) is 23.7 Å². The van der Waals surface area contributed by atoms with Crippen molar-refractivity contribution in [2.45, 2.75) is 28.2 Å². The van der Waals surface area contributed by atoms with Gasteiger partial charge in [0.1, 0.15) is 0 Å². The van der Waals surface area contributed by atoms with Gasteiger partial charge in [-0.1, -0.05) is 0 Å². The Labute approximate surface area is 124 Å². The van der Waals surface area contributed by atoms with Crippen LogP contribution in [0.5, 0.6) is 0 Å². The fourth-order valence-corrected chi connectivity index (χ4v) is 3.79. The Bertz CT molecular complexity index is 737. The zero-order valence-electron chi connectivity index (χ0n) is 11.2. The molecule has 1 aromatic carbocycles. The second-order valence-electron chi connectivity index (χ2n) is 5.24. The highest BCUT2D eigenvalue weighted by Crippen LogP contribution is 2.41. The van der Waals surface area contributed by atoms with Gasteiger partial charge in [-0.25, -0.2) is 16.8 Å². The van der Waals surface area contributed by atoms with Crippen LogP contribution in [0.1, 0.15) is 12.8 Å². The van der Waals surface area contributed by atoms with E-state index in [0.29, 0.717) is 11.6 Å². The molecular formula is C12H16ClNO4S2. The minimum Gasteiger partial charge on any atom is -0.377 e. The summed E-state index contributed by atoms with van der Waals surface area (Å²) in [5, 5.41) is 3.13. The molecule has 0 unspecified atom stereocenters. The monoisotopic (exact) mass is 337 g/mol. The van der Waals surface area contributed by atoms with Gasteiger partial charge in [-0.05, 0) is 31.0 Å². The lowest BCUT2D eigenvalue weighted by atomic mass is 10.2. The van der Waals surface area contributed by atoms with Crippen molar-refractivity contribution >= 4 is 37.0 Å². The highest BCUT2D eigenvalue weighted by Gasteiger charge is 2.42. The Morgan fingerprint density at radius 2 is 1.75 bits per heavy atom. The average molecular weight is 338 g/mol. The van der Waals surface area contributed by atoms with Gasteiger partial charge in [0.05, 0.1) is 21.0 Å². The Morgan fingerprint density at radius 3 is 2.15 bits per heavy atom. The molecule has 20 heavy (non-hydrogen) atoms. The minimum absolute atomic E-state index is 0.0146. The van der Waals surface area contributed by atoms with Crippen molar-refractivity contribution in [1.82, 2.24) is 0 Å². The number of hydrogen-bond acceptors (Lipinski definition) is 5. The molecule has 1 aliphatic rings. The molecule has 1 N–H and O–H groups in total. The first-order valence-electron chi connectivity index (χ1n) is 5.96. The summed E-state index contributed by atoms with van der Waals surface area (Å²) in [6, 6.07) is 4.08. The van der Waals surface area contributed by atoms with Gasteiger partial charge in [0.2, 0.25) is 0 Å². The molecule has 0 radical (unpaired) electrons. The van der Waals surface area contributed by atoms with Crippen LogP contribution >= 0.6 is 11.6 Å². The van der Waals surface area contributed by atoms with E-state index in [1.165, 1.54) is 18.2 Å². The van der Waals surface area contributed by atoms with Gasteiger partial charge in [-0.2, -0.15) is 0 Å². The van der Waals surface area contributed by atoms with Crippen LogP contribution < -0.4 is 5.32 Å². The van der Waals surface area contributed by atoms with E-state index in [1.807, 2.05) is 0 Å². The molecule has 1 aromatic rings. The molecule has 0 amide bonds. The lowest BCUT2D eigenvalue weighted by Crippen LogP contribution is -2.24. The van der Waals surface area contributed by atoms with Crippen molar-refractivity contribution in [1.29, 1.82) is 0 Å². The lowest BCUT2D eigenvalue weighted by molar-refractivity contribution is 0.600. The van der Waals surface area contributed by atoms with Crippen molar-refractivity contribution in [3.63, 3.8) is 0 Å². The summed E-state index contributed by atoms with van der Waals surface area (Å²) in [4.78, 5) is -0.0315. The SMILES string of the molecule is CS(=O)(=O)c1ccc(NC2(CCl)CC2)c(S(C)(=O)=O)c1. The van der Waals surface area contributed by atoms with Crippen LogP contribution in [0.15, 0.2) is 28.0 Å². The summed E-state index contributed by atoms with van der Waals surface area (Å²) in [7, 11) is -6.99. The van der Waals surface area contributed by atoms with Crippen molar-refractivity contribution in [2.24, 2.45) is 0 Å². The maximum absolute atomic E-state index is 11.9. The Kier molecular flexibility index (Phi) is 3.81. The van der Waals surface area contributed by atoms with Crippen LogP contribution in [0.25, 0.3) is 0 Å². The zero-order valence-corrected chi connectivity index (χ0v) is 13.6.